The van der Waals surface area contributed by atoms with Crippen LogP contribution >= 0.6 is 0 Å². The van der Waals surface area contributed by atoms with E-state index < -0.39 is 0 Å². The topological polar surface area (TPSA) is 21.6 Å². The van der Waals surface area contributed by atoms with E-state index in [1.807, 2.05) is 24.4 Å². The summed E-state index contributed by atoms with van der Waals surface area (Å²) in [7, 11) is 0. The fourth-order valence-electron chi connectivity index (χ4n) is 0.969. The molecule has 2 aliphatic heterocycles. The third-order valence-corrected chi connectivity index (χ3v) is 1.46. The molecule has 2 heterocycles. The maximum Gasteiger partial charge on any atom is 0.128 e. The van der Waals surface area contributed by atoms with Crippen LogP contribution in [0.3, 0.4) is 0 Å². The van der Waals surface area contributed by atoms with Crippen LogP contribution in [0.15, 0.2) is 40.8 Å². The molecule has 0 radical (unpaired) electrons. The minimum atomic E-state index is 0.682. The van der Waals surface area contributed by atoms with Crippen molar-refractivity contribution in [1.29, 1.82) is 0 Å². The Morgan fingerprint density at radius 1 is 1.50 bits per heavy atom. The van der Waals surface area contributed by atoms with Crippen molar-refractivity contribution in [3.63, 3.8) is 0 Å². The number of rotatable bonds is 0. The second-order valence-corrected chi connectivity index (χ2v) is 2.12. The Morgan fingerprint density at radius 2 is 2.50 bits per heavy atom. The first-order valence-corrected chi connectivity index (χ1v) is 3.20. The van der Waals surface area contributed by atoms with Gasteiger partial charge < -0.3 is 4.74 Å². The quantitative estimate of drug-likeness (QED) is 0.489. The van der Waals surface area contributed by atoms with Crippen molar-refractivity contribution in [3.05, 3.63) is 35.8 Å². The second-order valence-electron chi connectivity index (χ2n) is 2.12. The van der Waals surface area contributed by atoms with E-state index in [4.69, 9.17) is 4.74 Å². The molecule has 0 bridgehead atoms. The second kappa shape index (κ2) is 2.14. The number of allylic oxidation sites excluding steroid dienone is 3. The third-order valence-electron chi connectivity index (χ3n) is 1.46. The summed E-state index contributed by atoms with van der Waals surface area (Å²) < 4.78 is 5.26. The number of hydrogen-bond donors (Lipinski definition) is 0. The lowest BCUT2D eigenvalue weighted by atomic mass is 10.2. The maximum atomic E-state index is 5.26. The Balaban J connectivity index is 2.42. The molecule has 50 valence electrons. The van der Waals surface area contributed by atoms with Crippen LogP contribution in [0.5, 0.6) is 0 Å². The minimum absolute atomic E-state index is 0.682. The summed E-state index contributed by atoms with van der Waals surface area (Å²) in [6.45, 7) is 0.682. The van der Waals surface area contributed by atoms with Gasteiger partial charge in [0.25, 0.3) is 0 Å². The molecule has 0 aromatic heterocycles. The zero-order valence-electron chi connectivity index (χ0n) is 5.45. The van der Waals surface area contributed by atoms with Gasteiger partial charge >= 0.3 is 0 Å². The summed E-state index contributed by atoms with van der Waals surface area (Å²) in [5.74, 6) is 0.928. The van der Waals surface area contributed by atoms with Crippen molar-refractivity contribution in [2.75, 3.05) is 6.61 Å². The van der Waals surface area contributed by atoms with Gasteiger partial charge in [-0.25, -0.2) is 0 Å². The van der Waals surface area contributed by atoms with Crippen LogP contribution in [-0.2, 0) is 4.74 Å². The van der Waals surface area contributed by atoms with Gasteiger partial charge in [-0.05, 0) is 18.2 Å². The van der Waals surface area contributed by atoms with E-state index in [1.54, 1.807) is 6.20 Å². The van der Waals surface area contributed by atoms with Gasteiger partial charge in [-0.3, -0.25) is 4.99 Å². The molecule has 10 heavy (non-hydrogen) atoms. The minimum Gasteiger partial charge on any atom is -0.489 e. The monoisotopic (exact) mass is 133 g/mol. The van der Waals surface area contributed by atoms with Crippen LogP contribution < -0.4 is 0 Å². The summed E-state index contributed by atoms with van der Waals surface area (Å²) in [5.41, 5.74) is 1.09. The van der Waals surface area contributed by atoms with Gasteiger partial charge in [0.15, 0.2) is 0 Å². The Morgan fingerprint density at radius 3 is 3.50 bits per heavy atom. The van der Waals surface area contributed by atoms with Gasteiger partial charge in [0.1, 0.15) is 12.4 Å². The molecule has 0 aromatic carbocycles. The molecule has 0 N–H and O–H groups in total. The fraction of sp³-hybridized carbons (Fsp3) is 0.125. The zero-order valence-corrected chi connectivity index (χ0v) is 5.45. The van der Waals surface area contributed by atoms with Gasteiger partial charge in [-0.2, -0.15) is 0 Å². The summed E-state index contributed by atoms with van der Waals surface area (Å²) in [6.07, 6.45) is 9.37. The predicted molar refractivity (Wildman–Crippen MR) is 39.8 cm³/mol. The Hall–Kier alpha value is -1.31. The average molecular weight is 133 g/mol. The van der Waals surface area contributed by atoms with Crippen molar-refractivity contribution in [2.45, 2.75) is 0 Å². The van der Waals surface area contributed by atoms with Gasteiger partial charge in [-0.15, -0.1) is 0 Å². The lowest BCUT2D eigenvalue weighted by Gasteiger charge is -1.96. The van der Waals surface area contributed by atoms with Crippen molar-refractivity contribution >= 4 is 6.21 Å². The molecule has 0 spiro atoms. The molecule has 0 saturated carbocycles. The zero-order chi connectivity index (χ0) is 6.81. The summed E-state index contributed by atoms with van der Waals surface area (Å²) in [4.78, 5) is 4.01. The number of nitrogens with zero attached hydrogens (tertiary/aromatic N) is 1. The van der Waals surface area contributed by atoms with Gasteiger partial charge in [0.2, 0.25) is 0 Å². The Kier molecular flexibility index (Phi) is 1.17. The predicted octanol–water partition coefficient (Wildman–Crippen LogP) is 1.43. The van der Waals surface area contributed by atoms with E-state index in [-0.39, 0.29) is 0 Å². The number of hydrogen-bond acceptors (Lipinski definition) is 2. The van der Waals surface area contributed by atoms with Crippen LogP contribution in [0.4, 0.5) is 0 Å². The smallest absolute Gasteiger partial charge is 0.128 e. The molecule has 2 rings (SSSR count). The summed E-state index contributed by atoms with van der Waals surface area (Å²) in [6, 6.07) is 0. The van der Waals surface area contributed by atoms with Gasteiger partial charge in [0, 0.05) is 18.0 Å². The van der Waals surface area contributed by atoms with Crippen LogP contribution in [0.1, 0.15) is 0 Å². The van der Waals surface area contributed by atoms with Crippen molar-refractivity contribution in [2.24, 2.45) is 4.99 Å². The molecule has 0 fully saturated rings. The van der Waals surface area contributed by atoms with Crippen LogP contribution in [0.25, 0.3) is 0 Å². The van der Waals surface area contributed by atoms with Crippen LogP contribution in [0, 0.1) is 0 Å². The first-order chi connectivity index (χ1) is 4.97. The molecule has 2 aliphatic rings. The molecule has 0 atom stereocenters. The van der Waals surface area contributed by atoms with Crippen LogP contribution in [0.2, 0.25) is 0 Å². The first-order valence-electron chi connectivity index (χ1n) is 3.20. The lowest BCUT2D eigenvalue weighted by molar-refractivity contribution is 0.277. The highest BCUT2D eigenvalue weighted by Crippen LogP contribution is 2.17. The third kappa shape index (κ3) is 0.778. The van der Waals surface area contributed by atoms with E-state index in [2.05, 4.69) is 4.99 Å². The van der Waals surface area contributed by atoms with E-state index in [9.17, 15) is 0 Å². The molecule has 2 nitrogen and oxygen atoms in total. The molecule has 0 aliphatic carbocycles. The molecule has 0 aromatic rings. The van der Waals surface area contributed by atoms with Crippen molar-refractivity contribution in [1.82, 2.24) is 0 Å². The van der Waals surface area contributed by atoms with E-state index in [1.165, 1.54) is 0 Å². The highest BCUT2D eigenvalue weighted by molar-refractivity contribution is 5.85. The molecule has 0 amide bonds. The number of aliphatic imine (C=N–C) groups is 1. The SMILES string of the molecule is C1=CN=CC2=CCOC2=C1. The molecule has 0 saturated heterocycles. The molecular formula is C8H7NO. The van der Waals surface area contributed by atoms with Crippen molar-refractivity contribution in [3.8, 4) is 0 Å². The summed E-state index contributed by atoms with van der Waals surface area (Å²) >= 11 is 0. The average Bonchev–Trinajstić information content (AvgIpc) is 2.28. The normalized spacial score (nSPS) is 20.8. The van der Waals surface area contributed by atoms with E-state index in [0.29, 0.717) is 6.61 Å². The van der Waals surface area contributed by atoms with E-state index in [0.717, 1.165) is 11.3 Å². The Bertz CT molecular complexity index is 258. The van der Waals surface area contributed by atoms with Gasteiger partial charge in [-0.1, -0.05) is 0 Å². The van der Waals surface area contributed by atoms with Crippen LogP contribution in [-0.4, -0.2) is 12.8 Å². The fourth-order valence-corrected chi connectivity index (χ4v) is 0.969. The molecule has 0 unspecified atom stereocenters. The maximum absolute atomic E-state index is 5.26. The largest absolute Gasteiger partial charge is 0.489 e. The number of ether oxygens (including phenoxy) is 1. The van der Waals surface area contributed by atoms with Crippen molar-refractivity contribution < 1.29 is 4.74 Å². The first kappa shape index (κ1) is 5.47. The van der Waals surface area contributed by atoms with Gasteiger partial charge in [0.05, 0.1) is 0 Å². The highest BCUT2D eigenvalue weighted by atomic mass is 16.5. The standard InChI is InChI=1S/C8H7NO/c1-2-8-7(3-5-10-8)6-9-4-1/h1-4,6H,5H2. The number of fused-ring (bicyclic) bond motifs is 1. The lowest BCUT2D eigenvalue weighted by Crippen LogP contribution is -1.84. The Labute approximate surface area is 59.2 Å². The molecule has 2 heteroatoms. The highest BCUT2D eigenvalue weighted by Gasteiger charge is 2.09. The van der Waals surface area contributed by atoms with E-state index >= 15 is 0 Å². The molecular weight excluding hydrogens is 126 g/mol. The summed E-state index contributed by atoms with van der Waals surface area (Å²) in [5, 5.41) is 0.